The fourth-order valence-electron chi connectivity index (χ4n) is 3.78. The summed E-state index contributed by atoms with van der Waals surface area (Å²) in [6.07, 6.45) is 0.617. The molecule has 1 N–H and O–H groups in total. The number of hydrogen-bond acceptors (Lipinski definition) is 4. The third kappa shape index (κ3) is 4.92. The van der Waals surface area contributed by atoms with E-state index in [4.69, 9.17) is 11.6 Å². The smallest absolute Gasteiger partial charge is 0.294 e. The van der Waals surface area contributed by atoms with Gasteiger partial charge in [-0.3, -0.25) is 9.36 Å². The molecule has 4 aromatic rings. The molecule has 172 valence electrons. The largest absolute Gasteiger partial charge is 0.308 e. The van der Waals surface area contributed by atoms with Crippen molar-refractivity contribution in [3.63, 3.8) is 0 Å². The summed E-state index contributed by atoms with van der Waals surface area (Å²) in [5.74, 6) is 0. The Hall–Kier alpha value is -2.45. The van der Waals surface area contributed by atoms with E-state index >= 15 is 0 Å². The fraction of sp³-hybridized carbons (Fsp3) is 0.240. The van der Waals surface area contributed by atoms with Crippen LogP contribution in [0.4, 0.5) is 0 Å². The number of nitrogens with one attached hydrogen (secondary N) is 1. The van der Waals surface area contributed by atoms with Crippen LogP contribution >= 0.6 is 22.9 Å². The van der Waals surface area contributed by atoms with Crippen LogP contribution in [-0.2, 0) is 16.6 Å². The van der Waals surface area contributed by atoms with E-state index in [0.29, 0.717) is 28.2 Å². The highest BCUT2D eigenvalue weighted by atomic mass is 35.5. The topological polar surface area (TPSA) is 68.2 Å². The van der Waals surface area contributed by atoms with Gasteiger partial charge < -0.3 is 0 Å². The average Bonchev–Trinajstić information content (AvgIpc) is 3.10. The van der Waals surface area contributed by atoms with Gasteiger partial charge in [0, 0.05) is 11.1 Å². The molecule has 0 saturated carbocycles. The molecule has 0 aliphatic rings. The van der Waals surface area contributed by atoms with Crippen LogP contribution in [0.5, 0.6) is 0 Å². The minimum atomic E-state index is -3.78. The van der Waals surface area contributed by atoms with Crippen molar-refractivity contribution in [1.29, 1.82) is 0 Å². The number of hydrogen-bond donors (Lipinski definition) is 1. The van der Waals surface area contributed by atoms with Crippen molar-refractivity contribution in [2.45, 2.75) is 44.7 Å². The Morgan fingerprint density at radius 2 is 1.79 bits per heavy atom. The number of fused-ring (bicyclic) bond motifs is 1. The molecule has 0 amide bonds. The van der Waals surface area contributed by atoms with Gasteiger partial charge in [0.15, 0.2) is 0 Å². The molecular weight excluding hydrogens is 476 g/mol. The minimum absolute atomic E-state index is 0.142. The molecule has 1 aromatic heterocycles. The maximum Gasteiger partial charge on any atom is 0.308 e. The van der Waals surface area contributed by atoms with Gasteiger partial charge in [0.2, 0.25) is 10.0 Å². The van der Waals surface area contributed by atoms with Gasteiger partial charge in [0.05, 0.1) is 21.7 Å². The van der Waals surface area contributed by atoms with E-state index in [1.807, 2.05) is 57.2 Å². The lowest BCUT2D eigenvalue weighted by Gasteiger charge is -2.19. The molecule has 5 nitrogen and oxygen atoms in total. The zero-order valence-electron chi connectivity index (χ0n) is 18.6. The molecule has 0 bridgehead atoms. The van der Waals surface area contributed by atoms with Crippen molar-refractivity contribution in [2.75, 3.05) is 0 Å². The van der Waals surface area contributed by atoms with E-state index in [2.05, 4.69) is 4.72 Å². The molecule has 4 rings (SSSR count). The highest BCUT2D eigenvalue weighted by Gasteiger charge is 2.22. The summed E-state index contributed by atoms with van der Waals surface area (Å²) < 4.78 is 31.4. The molecule has 0 aliphatic heterocycles. The van der Waals surface area contributed by atoms with Crippen LogP contribution in [0.25, 0.3) is 10.2 Å². The second-order valence-corrected chi connectivity index (χ2v) is 11.2. The summed E-state index contributed by atoms with van der Waals surface area (Å²) in [4.78, 5) is 12.6. The molecule has 3 aromatic carbocycles. The summed E-state index contributed by atoms with van der Waals surface area (Å²) in [5.41, 5.74) is 4.73. The minimum Gasteiger partial charge on any atom is -0.294 e. The van der Waals surface area contributed by atoms with Crippen LogP contribution in [0.3, 0.4) is 0 Å². The molecule has 1 heterocycles. The second-order valence-electron chi connectivity index (χ2n) is 8.10. The maximum absolute atomic E-state index is 13.2. The molecule has 0 spiro atoms. The van der Waals surface area contributed by atoms with Gasteiger partial charge in [0.1, 0.15) is 0 Å². The van der Waals surface area contributed by atoms with Crippen molar-refractivity contribution >= 4 is 43.2 Å². The predicted octanol–water partition coefficient (Wildman–Crippen LogP) is 5.81. The zero-order valence-corrected chi connectivity index (χ0v) is 21.0. The molecule has 0 aliphatic carbocycles. The number of benzene rings is 3. The lowest BCUT2D eigenvalue weighted by Crippen LogP contribution is -2.28. The van der Waals surface area contributed by atoms with Gasteiger partial charge in [0.25, 0.3) is 0 Å². The highest BCUT2D eigenvalue weighted by molar-refractivity contribution is 7.89. The first-order valence-corrected chi connectivity index (χ1v) is 13.3. The standard InChI is InChI=1S/C25H25ClN2O3S2/c1-4-22(18-10-9-16(2)17(3)13-18)27-33(30,31)20-11-12-23-24(14-20)32-25(29)28(23)15-19-7-5-6-8-21(19)26/h5-14,22,27H,4,15H2,1-3H3/t22-/m1/s1. The molecule has 8 heteroatoms. The Bertz CT molecular complexity index is 1490. The maximum atomic E-state index is 13.2. The number of aromatic nitrogens is 1. The van der Waals surface area contributed by atoms with E-state index in [1.165, 1.54) is 0 Å². The first kappa shape index (κ1) is 23.7. The summed E-state index contributed by atoms with van der Waals surface area (Å²) in [6, 6.07) is 17.8. The Kier molecular flexibility index (Phi) is 6.77. The third-order valence-electron chi connectivity index (χ3n) is 5.88. The number of sulfonamides is 1. The first-order chi connectivity index (χ1) is 15.7. The van der Waals surface area contributed by atoms with Gasteiger partial charge in [-0.05, 0) is 66.8 Å². The highest BCUT2D eigenvalue weighted by Crippen LogP contribution is 2.26. The molecule has 0 fully saturated rings. The van der Waals surface area contributed by atoms with Crippen LogP contribution in [-0.4, -0.2) is 13.0 Å². The Morgan fingerprint density at radius 3 is 2.48 bits per heavy atom. The van der Waals surface area contributed by atoms with Gasteiger partial charge in [-0.1, -0.05) is 66.3 Å². The summed E-state index contributed by atoms with van der Waals surface area (Å²) in [5, 5.41) is 0.587. The van der Waals surface area contributed by atoms with Crippen molar-refractivity contribution < 1.29 is 8.42 Å². The van der Waals surface area contributed by atoms with Gasteiger partial charge in [-0.15, -0.1) is 0 Å². The van der Waals surface area contributed by atoms with E-state index < -0.39 is 10.0 Å². The van der Waals surface area contributed by atoms with Crippen LogP contribution in [0, 0.1) is 13.8 Å². The Balaban J connectivity index is 1.65. The number of thiazole rings is 1. The van der Waals surface area contributed by atoms with Crippen LogP contribution < -0.4 is 9.60 Å². The normalized spacial score (nSPS) is 12.8. The van der Waals surface area contributed by atoms with E-state index in [1.54, 1.807) is 28.8 Å². The lowest BCUT2D eigenvalue weighted by atomic mass is 10.0. The van der Waals surface area contributed by atoms with E-state index in [0.717, 1.165) is 33.6 Å². The quantitative estimate of drug-likeness (QED) is 0.348. The van der Waals surface area contributed by atoms with Crippen LogP contribution in [0.15, 0.2) is 70.4 Å². The van der Waals surface area contributed by atoms with E-state index in [-0.39, 0.29) is 15.8 Å². The van der Waals surface area contributed by atoms with Crippen molar-refractivity contribution in [3.8, 4) is 0 Å². The summed E-state index contributed by atoms with van der Waals surface area (Å²) in [6.45, 7) is 6.33. The van der Waals surface area contributed by atoms with E-state index in [9.17, 15) is 13.2 Å². The lowest BCUT2D eigenvalue weighted by molar-refractivity contribution is 0.550. The van der Waals surface area contributed by atoms with Crippen LogP contribution in [0.1, 0.15) is 41.6 Å². The second kappa shape index (κ2) is 9.43. The Labute approximate surface area is 202 Å². The van der Waals surface area contributed by atoms with Gasteiger partial charge in [-0.25, -0.2) is 13.1 Å². The molecule has 33 heavy (non-hydrogen) atoms. The number of nitrogens with zero attached hydrogens (tertiary/aromatic N) is 1. The average molecular weight is 501 g/mol. The summed E-state index contributed by atoms with van der Waals surface area (Å²) in [7, 11) is -3.78. The molecular formula is C25H25ClN2O3S2. The summed E-state index contributed by atoms with van der Waals surface area (Å²) >= 11 is 7.29. The van der Waals surface area contributed by atoms with Crippen molar-refractivity contribution in [1.82, 2.24) is 9.29 Å². The predicted molar refractivity (Wildman–Crippen MR) is 136 cm³/mol. The van der Waals surface area contributed by atoms with Crippen molar-refractivity contribution in [2.24, 2.45) is 0 Å². The Morgan fingerprint density at radius 1 is 1.03 bits per heavy atom. The zero-order chi connectivity index (χ0) is 23.8. The molecule has 0 saturated heterocycles. The molecule has 1 atom stereocenters. The van der Waals surface area contributed by atoms with Gasteiger partial charge in [-0.2, -0.15) is 0 Å². The van der Waals surface area contributed by atoms with Gasteiger partial charge >= 0.3 is 4.87 Å². The van der Waals surface area contributed by atoms with Crippen LogP contribution in [0.2, 0.25) is 5.02 Å². The fourth-order valence-corrected chi connectivity index (χ4v) is 6.32. The first-order valence-electron chi connectivity index (χ1n) is 10.7. The molecule has 0 unspecified atom stereocenters. The number of halogens is 1. The number of rotatable bonds is 7. The molecule has 0 radical (unpaired) electrons. The van der Waals surface area contributed by atoms with Crippen molar-refractivity contribution in [3.05, 3.63) is 97.6 Å². The monoisotopic (exact) mass is 500 g/mol. The SMILES string of the molecule is CC[C@@H](NS(=O)(=O)c1ccc2c(c1)sc(=O)n2Cc1ccccc1Cl)c1ccc(C)c(C)c1. The number of aryl methyl sites for hydroxylation is 2. The third-order valence-corrected chi connectivity index (χ3v) is 8.66.